The van der Waals surface area contributed by atoms with Gasteiger partial charge in [0, 0.05) is 31.9 Å². The molecule has 1 aliphatic heterocycles. The van der Waals surface area contributed by atoms with Crippen molar-refractivity contribution in [3.05, 3.63) is 29.8 Å². The quantitative estimate of drug-likeness (QED) is 0.856. The number of hydrogen-bond donors (Lipinski definition) is 0. The van der Waals surface area contributed by atoms with Crippen LogP contribution in [0, 0.1) is 0 Å². The van der Waals surface area contributed by atoms with Gasteiger partial charge in [0.05, 0.1) is 11.3 Å². The van der Waals surface area contributed by atoms with Crippen LogP contribution in [0.4, 0.5) is 18.9 Å². The number of rotatable bonds is 3. The highest BCUT2D eigenvalue weighted by Gasteiger charge is 2.31. The van der Waals surface area contributed by atoms with Crippen LogP contribution in [0.1, 0.15) is 12.5 Å². The van der Waals surface area contributed by atoms with Crippen molar-refractivity contribution >= 4 is 15.7 Å². The molecule has 118 valence electrons. The second kappa shape index (κ2) is 5.84. The van der Waals surface area contributed by atoms with Gasteiger partial charge in [-0.2, -0.15) is 17.5 Å². The van der Waals surface area contributed by atoms with E-state index in [4.69, 9.17) is 0 Å². The predicted molar refractivity (Wildman–Crippen MR) is 74.7 cm³/mol. The van der Waals surface area contributed by atoms with Crippen molar-refractivity contribution in [2.24, 2.45) is 0 Å². The molecule has 0 atom stereocenters. The van der Waals surface area contributed by atoms with E-state index in [0.717, 1.165) is 12.1 Å². The molecule has 1 aromatic carbocycles. The fourth-order valence-electron chi connectivity index (χ4n) is 2.29. The molecule has 1 aromatic rings. The van der Waals surface area contributed by atoms with E-state index < -0.39 is 21.8 Å². The van der Waals surface area contributed by atoms with Gasteiger partial charge in [-0.1, -0.05) is 6.07 Å². The SMILES string of the molecule is CCS(=O)(=O)N1CCN(c2cccc(C(F)(F)F)c2)CC1. The maximum Gasteiger partial charge on any atom is 0.416 e. The third-order valence-corrected chi connectivity index (χ3v) is 5.42. The maximum absolute atomic E-state index is 12.7. The molecule has 0 amide bonds. The predicted octanol–water partition coefficient (Wildman–Crippen LogP) is 2.18. The van der Waals surface area contributed by atoms with Gasteiger partial charge in [0.25, 0.3) is 0 Å². The van der Waals surface area contributed by atoms with Gasteiger partial charge in [-0.25, -0.2) is 8.42 Å². The first-order valence-electron chi connectivity index (χ1n) is 6.64. The van der Waals surface area contributed by atoms with E-state index in [1.807, 2.05) is 0 Å². The molecule has 0 spiro atoms. The van der Waals surface area contributed by atoms with Crippen LogP contribution in [-0.4, -0.2) is 44.7 Å². The van der Waals surface area contributed by atoms with Crippen molar-refractivity contribution in [1.29, 1.82) is 0 Å². The van der Waals surface area contributed by atoms with Gasteiger partial charge in [-0.05, 0) is 25.1 Å². The van der Waals surface area contributed by atoms with Crippen LogP contribution in [0.2, 0.25) is 0 Å². The summed E-state index contributed by atoms with van der Waals surface area (Å²) < 4.78 is 62.9. The van der Waals surface area contributed by atoms with Crippen LogP contribution in [0.15, 0.2) is 24.3 Å². The van der Waals surface area contributed by atoms with Gasteiger partial charge < -0.3 is 4.90 Å². The van der Waals surface area contributed by atoms with Gasteiger partial charge in [0.2, 0.25) is 10.0 Å². The first kappa shape index (κ1) is 16.1. The summed E-state index contributed by atoms with van der Waals surface area (Å²) >= 11 is 0. The number of halogens is 3. The number of anilines is 1. The van der Waals surface area contributed by atoms with E-state index >= 15 is 0 Å². The van der Waals surface area contributed by atoms with Crippen LogP contribution in [0.5, 0.6) is 0 Å². The van der Waals surface area contributed by atoms with E-state index in [2.05, 4.69) is 0 Å². The Bertz CT molecular complexity index is 594. The lowest BCUT2D eigenvalue weighted by molar-refractivity contribution is -0.137. The van der Waals surface area contributed by atoms with Crippen molar-refractivity contribution in [3.63, 3.8) is 0 Å². The first-order chi connectivity index (χ1) is 9.74. The first-order valence-corrected chi connectivity index (χ1v) is 8.25. The third-order valence-electron chi connectivity index (χ3n) is 3.54. The van der Waals surface area contributed by atoms with Crippen molar-refractivity contribution in [1.82, 2.24) is 4.31 Å². The summed E-state index contributed by atoms with van der Waals surface area (Å²) in [5, 5.41) is 0. The van der Waals surface area contributed by atoms with Crippen molar-refractivity contribution < 1.29 is 21.6 Å². The molecule has 21 heavy (non-hydrogen) atoms. The highest BCUT2D eigenvalue weighted by Crippen LogP contribution is 2.31. The van der Waals surface area contributed by atoms with Crippen LogP contribution < -0.4 is 4.90 Å². The van der Waals surface area contributed by atoms with Crippen molar-refractivity contribution in [2.45, 2.75) is 13.1 Å². The van der Waals surface area contributed by atoms with E-state index in [-0.39, 0.29) is 5.75 Å². The second-order valence-electron chi connectivity index (χ2n) is 4.83. The zero-order chi connectivity index (χ0) is 15.7. The molecule has 2 rings (SSSR count). The Kier molecular flexibility index (Phi) is 4.48. The van der Waals surface area contributed by atoms with Crippen LogP contribution in [-0.2, 0) is 16.2 Å². The van der Waals surface area contributed by atoms with Gasteiger partial charge in [0.1, 0.15) is 0 Å². The summed E-state index contributed by atoms with van der Waals surface area (Å²) in [5.41, 5.74) is -0.220. The smallest absolute Gasteiger partial charge is 0.369 e. The third kappa shape index (κ3) is 3.68. The summed E-state index contributed by atoms with van der Waals surface area (Å²) in [6, 6.07) is 5.11. The second-order valence-corrected chi connectivity index (χ2v) is 7.09. The minimum absolute atomic E-state index is 0.0383. The Morgan fingerprint density at radius 2 is 1.76 bits per heavy atom. The normalized spacial score (nSPS) is 18.0. The topological polar surface area (TPSA) is 40.6 Å². The highest BCUT2D eigenvalue weighted by molar-refractivity contribution is 7.89. The number of piperazine rings is 1. The molecule has 0 unspecified atom stereocenters. The average molecular weight is 322 g/mol. The molecule has 1 saturated heterocycles. The molecule has 0 radical (unpaired) electrons. The number of hydrogen-bond acceptors (Lipinski definition) is 3. The Hall–Kier alpha value is -1.28. The summed E-state index contributed by atoms with van der Waals surface area (Å²) in [4.78, 5) is 1.77. The van der Waals surface area contributed by atoms with Crippen LogP contribution in [0.25, 0.3) is 0 Å². The molecule has 4 nitrogen and oxygen atoms in total. The van der Waals surface area contributed by atoms with Gasteiger partial charge in [-0.15, -0.1) is 0 Å². The summed E-state index contributed by atoms with van der Waals surface area (Å²) in [5.74, 6) is 0.0383. The van der Waals surface area contributed by atoms with Gasteiger partial charge in [-0.3, -0.25) is 0 Å². The molecular weight excluding hydrogens is 305 g/mol. The van der Waals surface area contributed by atoms with Gasteiger partial charge >= 0.3 is 6.18 Å². The zero-order valence-electron chi connectivity index (χ0n) is 11.6. The number of nitrogens with zero attached hydrogens (tertiary/aromatic N) is 2. The molecule has 0 N–H and O–H groups in total. The number of alkyl halides is 3. The number of benzene rings is 1. The van der Waals surface area contributed by atoms with E-state index in [1.165, 1.54) is 10.4 Å². The van der Waals surface area contributed by atoms with E-state index in [1.54, 1.807) is 17.9 Å². The maximum atomic E-state index is 12.7. The lowest BCUT2D eigenvalue weighted by Gasteiger charge is -2.35. The van der Waals surface area contributed by atoms with E-state index in [9.17, 15) is 21.6 Å². The summed E-state index contributed by atoms with van der Waals surface area (Å²) in [7, 11) is -3.23. The minimum Gasteiger partial charge on any atom is -0.369 e. The number of sulfonamides is 1. The molecule has 8 heteroatoms. The lowest BCUT2D eigenvalue weighted by atomic mass is 10.1. The minimum atomic E-state index is -4.37. The average Bonchev–Trinajstić information content (AvgIpc) is 2.47. The Balaban J connectivity index is 2.10. The molecule has 0 aliphatic carbocycles. The van der Waals surface area contributed by atoms with Gasteiger partial charge in [0.15, 0.2) is 0 Å². The fraction of sp³-hybridized carbons (Fsp3) is 0.538. The summed E-state index contributed by atoms with van der Waals surface area (Å²) in [6.45, 7) is 2.95. The fourth-order valence-corrected chi connectivity index (χ4v) is 3.37. The zero-order valence-corrected chi connectivity index (χ0v) is 12.4. The van der Waals surface area contributed by atoms with Crippen molar-refractivity contribution in [2.75, 3.05) is 36.8 Å². The Labute approximate surface area is 122 Å². The largest absolute Gasteiger partial charge is 0.416 e. The van der Waals surface area contributed by atoms with E-state index in [0.29, 0.717) is 31.9 Å². The molecule has 1 heterocycles. The Morgan fingerprint density at radius 3 is 2.29 bits per heavy atom. The van der Waals surface area contributed by atoms with Crippen molar-refractivity contribution in [3.8, 4) is 0 Å². The molecule has 1 aliphatic rings. The monoisotopic (exact) mass is 322 g/mol. The standard InChI is InChI=1S/C13H17F3N2O2S/c1-2-21(19,20)18-8-6-17(7-9-18)12-5-3-4-11(10-12)13(14,15)16/h3-5,10H,2,6-9H2,1H3. The molecule has 0 saturated carbocycles. The molecule has 0 bridgehead atoms. The summed E-state index contributed by atoms with van der Waals surface area (Å²) in [6.07, 6.45) is -4.37. The molecule has 1 fully saturated rings. The lowest BCUT2D eigenvalue weighted by Crippen LogP contribution is -2.49. The Morgan fingerprint density at radius 1 is 1.14 bits per heavy atom. The molecule has 0 aromatic heterocycles. The van der Waals surface area contributed by atoms with Crippen LogP contribution >= 0.6 is 0 Å². The highest BCUT2D eigenvalue weighted by atomic mass is 32.2. The van der Waals surface area contributed by atoms with Crippen LogP contribution in [0.3, 0.4) is 0 Å². The molecular formula is C13H17F3N2O2S.